The van der Waals surface area contributed by atoms with Gasteiger partial charge in [0.25, 0.3) is 0 Å². The predicted molar refractivity (Wildman–Crippen MR) is 87.3 cm³/mol. The van der Waals surface area contributed by atoms with Crippen LogP contribution in [0.3, 0.4) is 0 Å². The van der Waals surface area contributed by atoms with Crippen LogP contribution in [0, 0.1) is 17.8 Å². The van der Waals surface area contributed by atoms with Crippen LogP contribution >= 0.6 is 0 Å². The van der Waals surface area contributed by atoms with Gasteiger partial charge in [0.15, 0.2) is 0 Å². The van der Waals surface area contributed by atoms with Gasteiger partial charge in [-0.25, -0.2) is 0 Å². The van der Waals surface area contributed by atoms with E-state index in [0.29, 0.717) is 18.4 Å². The van der Waals surface area contributed by atoms with Gasteiger partial charge >= 0.3 is 5.97 Å². The van der Waals surface area contributed by atoms with Gasteiger partial charge in [0.05, 0.1) is 18.3 Å². The summed E-state index contributed by atoms with van der Waals surface area (Å²) in [6, 6.07) is 0. The average molecular weight is 311 g/mol. The zero-order valence-electron chi connectivity index (χ0n) is 14.2. The number of hydrogen-bond donors (Lipinski definition) is 0. The molecule has 2 aliphatic carbocycles. The van der Waals surface area contributed by atoms with E-state index in [4.69, 9.17) is 9.16 Å². The maximum absolute atomic E-state index is 12.4. The van der Waals surface area contributed by atoms with Gasteiger partial charge in [0.2, 0.25) is 8.32 Å². The first-order valence-corrected chi connectivity index (χ1v) is 11.8. The van der Waals surface area contributed by atoms with E-state index in [9.17, 15) is 4.79 Å². The number of ether oxygens (including phenoxy) is 1. The van der Waals surface area contributed by atoms with Crippen molar-refractivity contribution in [1.82, 2.24) is 0 Å². The van der Waals surface area contributed by atoms with Crippen LogP contribution in [0.1, 0.15) is 46.0 Å². The van der Waals surface area contributed by atoms with Crippen molar-refractivity contribution in [2.75, 3.05) is 6.61 Å². The second-order valence-corrected chi connectivity index (χ2v) is 11.9. The highest BCUT2D eigenvalue weighted by molar-refractivity contribution is 6.70. The van der Waals surface area contributed by atoms with Crippen LogP contribution in [0.4, 0.5) is 0 Å². The first kappa shape index (κ1) is 16.6. The van der Waals surface area contributed by atoms with Gasteiger partial charge in [-0.1, -0.05) is 13.3 Å². The Kier molecular flexibility index (Phi) is 5.18. The standard InChI is InChI=1S/C17H30O3Si/c1-6-19-17(18)16-12(2)11-15(20-21(3,4)5)13-9-7-8-10-14(13)16/h12,14,16H,6-11H2,1-5H3/t12-,14-,16-/m1/s1. The Hall–Kier alpha value is -0.773. The molecular formula is C17H30O3Si. The van der Waals surface area contributed by atoms with Gasteiger partial charge in [-0.2, -0.15) is 0 Å². The fourth-order valence-electron chi connectivity index (χ4n) is 3.84. The van der Waals surface area contributed by atoms with Crippen molar-refractivity contribution < 1.29 is 14.0 Å². The number of fused-ring (bicyclic) bond motifs is 1. The molecule has 1 saturated carbocycles. The number of carbonyl (C=O) groups excluding carboxylic acids is 1. The predicted octanol–water partition coefficient (Wildman–Crippen LogP) is 4.50. The molecular weight excluding hydrogens is 280 g/mol. The molecule has 0 radical (unpaired) electrons. The molecule has 0 aliphatic heterocycles. The minimum atomic E-state index is -1.59. The summed E-state index contributed by atoms with van der Waals surface area (Å²) in [4.78, 5) is 12.4. The van der Waals surface area contributed by atoms with Gasteiger partial charge in [0.1, 0.15) is 0 Å². The van der Waals surface area contributed by atoms with Crippen LogP contribution in [-0.4, -0.2) is 20.9 Å². The topological polar surface area (TPSA) is 35.5 Å². The summed E-state index contributed by atoms with van der Waals surface area (Å²) in [5, 5.41) is 0. The molecule has 2 aliphatic rings. The zero-order valence-corrected chi connectivity index (χ0v) is 15.2. The van der Waals surface area contributed by atoms with E-state index in [2.05, 4.69) is 26.6 Å². The summed E-state index contributed by atoms with van der Waals surface area (Å²) in [6.45, 7) is 11.3. The molecule has 0 heterocycles. The number of allylic oxidation sites excluding steroid dienone is 2. The molecule has 0 bridgehead atoms. The SMILES string of the molecule is CCOC(=O)[C@@H]1[C@H](C)CC(O[Si](C)(C)C)=C2CCCC[C@H]21. The van der Waals surface area contributed by atoms with Crippen LogP contribution < -0.4 is 0 Å². The lowest BCUT2D eigenvalue weighted by Crippen LogP contribution is -2.39. The fourth-order valence-corrected chi connectivity index (χ4v) is 4.79. The minimum absolute atomic E-state index is 0.00135. The number of esters is 1. The normalized spacial score (nSPS) is 29.9. The van der Waals surface area contributed by atoms with Crippen LogP contribution in [0.25, 0.3) is 0 Å². The van der Waals surface area contributed by atoms with E-state index < -0.39 is 8.32 Å². The third kappa shape index (κ3) is 3.90. The minimum Gasteiger partial charge on any atom is -0.547 e. The van der Waals surface area contributed by atoms with E-state index in [0.717, 1.165) is 19.3 Å². The summed E-state index contributed by atoms with van der Waals surface area (Å²) in [5.74, 6) is 1.93. The Morgan fingerprint density at radius 2 is 2.00 bits per heavy atom. The molecule has 0 saturated heterocycles. The summed E-state index contributed by atoms with van der Waals surface area (Å²) >= 11 is 0. The molecule has 2 rings (SSSR count). The van der Waals surface area contributed by atoms with Crippen molar-refractivity contribution in [1.29, 1.82) is 0 Å². The largest absolute Gasteiger partial charge is 0.547 e. The van der Waals surface area contributed by atoms with E-state index in [-0.39, 0.29) is 11.9 Å². The quantitative estimate of drug-likeness (QED) is 0.566. The lowest BCUT2D eigenvalue weighted by molar-refractivity contribution is -0.152. The molecule has 3 nitrogen and oxygen atoms in total. The van der Waals surface area contributed by atoms with Crippen molar-refractivity contribution in [3.05, 3.63) is 11.3 Å². The first-order chi connectivity index (χ1) is 9.83. The monoisotopic (exact) mass is 310 g/mol. The molecule has 0 N–H and O–H groups in total. The highest BCUT2D eigenvalue weighted by Crippen LogP contribution is 2.47. The second kappa shape index (κ2) is 6.55. The second-order valence-electron chi connectivity index (χ2n) is 7.47. The number of hydrogen-bond acceptors (Lipinski definition) is 3. The summed E-state index contributed by atoms with van der Waals surface area (Å²) in [7, 11) is -1.59. The van der Waals surface area contributed by atoms with Crippen molar-refractivity contribution in [3.8, 4) is 0 Å². The lowest BCUT2D eigenvalue weighted by atomic mass is 9.66. The highest BCUT2D eigenvalue weighted by Gasteiger charge is 2.43. The number of rotatable bonds is 4. The molecule has 0 aromatic heterocycles. The molecule has 0 aromatic rings. The zero-order chi connectivity index (χ0) is 15.6. The Morgan fingerprint density at radius 3 is 2.62 bits per heavy atom. The third-order valence-electron chi connectivity index (χ3n) is 4.56. The van der Waals surface area contributed by atoms with Crippen LogP contribution in [0.2, 0.25) is 19.6 Å². The smallest absolute Gasteiger partial charge is 0.309 e. The van der Waals surface area contributed by atoms with Gasteiger partial charge in [-0.3, -0.25) is 4.79 Å². The Bertz CT molecular complexity index is 422. The summed E-state index contributed by atoms with van der Waals surface area (Å²) in [5.41, 5.74) is 1.43. The van der Waals surface area contributed by atoms with Crippen molar-refractivity contribution in [3.63, 3.8) is 0 Å². The van der Waals surface area contributed by atoms with Crippen LogP contribution in [0.15, 0.2) is 11.3 Å². The van der Waals surface area contributed by atoms with E-state index in [1.807, 2.05) is 6.92 Å². The van der Waals surface area contributed by atoms with Gasteiger partial charge in [-0.05, 0) is 63.2 Å². The molecule has 3 atom stereocenters. The molecule has 0 spiro atoms. The van der Waals surface area contributed by atoms with Crippen LogP contribution in [-0.2, 0) is 14.0 Å². The van der Waals surface area contributed by atoms with E-state index in [1.165, 1.54) is 24.2 Å². The fraction of sp³-hybridized carbons (Fsp3) is 0.824. The van der Waals surface area contributed by atoms with E-state index in [1.54, 1.807) is 0 Å². The molecule has 0 amide bonds. The molecule has 0 aromatic carbocycles. The van der Waals surface area contributed by atoms with Gasteiger partial charge in [-0.15, -0.1) is 0 Å². The van der Waals surface area contributed by atoms with Gasteiger partial charge < -0.3 is 9.16 Å². The van der Waals surface area contributed by atoms with Crippen LogP contribution in [0.5, 0.6) is 0 Å². The Morgan fingerprint density at radius 1 is 1.29 bits per heavy atom. The van der Waals surface area contributed by atoms with Gasteiger partial charge in [0, 0.05) is 6.42 Å². The average Bonchev–Trinajstić information content (AvgIpc) is 2.37. The van der Waals surface area contributed by atoms with Crippen molar-refractivity contribution in [2.45, 2.75) is 65.6 Å². The molecule has 1 fully saturated rings. The van der Waals surface area contributed by atoms with E-state index >= 15 is 0 Å². The summed E-state index contributed by atoms with van der Waals surface area (Å²) in [6.07, 6.45) is 5.57. The molecule has 4 heteroatoms. The molecule has 0 unspecified atom stereocenters. The maximum Gasteiger partial charge on any atom is 0.309 e. The third-order valence-corrected chi connectivity index (χ3v) is 5.42. The van der Waals surface area contributed by atoms with Crippen molar-refractivity contribution in [2.24, 2.45) is 17.8 Å². The van der Waals surface area contributed by atoms with Crippen molar-refractivity contribution >= 4 is 14.3 Å². The first-order valence-electron chi connectivity index (χ1n) is 8.41. The maximum atomic E-state index is 12.4. The Balaban J connectivity index is 2.29. The molecule has 120 valence electrons. The Labute approximate surface area is 130 Å². The lowest BCUT2D eigenvalue weighted by Gasteiger charge is -2.42. The summed E-state index contributed by atoms with van der Waals surface area (Å²) < 4.78 is 11.7. The highest BCUT2D eigenvalue weighted by atomic mass is 28.4. The molecule has 21 heavy (non-hydrogen) atoms. The number of carbonyl (C=O) groups is 1.